The monoisotopic (exact) mass is 248 g/mol. The van der Waals surface area contributed by atoms with E-state index in [2.05, 4.69) is 4.99 Å². The summed E-state index contributed by atoms with van der Waals surface area (Å²) in [7, 11) is 1.60. The van der Waals surface area contributed by atoms with E-state index in [-0.39, 0.29) is 0 Å². The van der Waals surface area contributed by atoms with E-state index in [4.69, 9.17) is 4.74 Å². The van der Waals surface area contributed by atoms with Gasteiger partial charge in [0, 0.05) is 32.4 Å². The molecule has 0 aliphatic carbocycles. The molecule has 1 N–H and O–H groups in total. The molecular formula is C13H16N2O3. The summed E-state index contributed by atoms with van der Waals surface area (Å²) in [5.41, 5.74) is 1.24. The maximum Gasteiger partial charge on any atom is 0.179 e. The molecule has 5 nitrogen and oxygen atoms in total. The molecule has 96 valence electrons. The number of aliphatic imine (C=N–C) groups is 1. The normalized spacial score (nSPS) is 22.3. The third-order valence-corrected chi connectivity index (χ3v) is 2.87. The molecule has 0 fully saturated rings. The van der Waals surface area contributed by atoms with Crippen LogP contribution in [0.4, 0.5) is 5.69 Å². The summed E-state index contributed by atoms with van der Waals surface area (Å²) in [5, 5.41) is 22.6. The van der Waals surface area contributed by atoms with Crippen LogP contribution in [0.15, 0.2) is 41.2 Å². The van der Waals surface area contributed by atoms with Crippen LogP contribution in [0.3, 0.4) is 0 Å². The van der Waals surface area contributed by atoms with Crippen LogP contribution >= 0.6 is 0 Å². The lowest BCUT2D eigenvalue weighted by atomic mass is 10.1. The Bertz CT molecular complexity index is 481. The number of hydrogen-bond donors (Lipinski definition) is 1. The lowest BCUT2D eigenvalue weighted by Gasteiger charge is -2.34. The van der Waals surface area contributed by atoms with Crippen molar-refractivity contribution in [1.29, 1.82) is 0 Å². The van der Waals surface area contributed by atoms with Gasteiger partial charge in [-0.1, -0.05) is 12.1 Å². The van der Waals surface area contributed by atoms with Gasteiger partial charge in [-0.15, -0.1) is 0 Å². The zero-order valence-corrected chi connectivity index (χ0v) is 10.2. The van der Waals surface area contributed by atoms with Crippen LogP contribution in [0.1, 0.15) is 18.4 Å². The Morgan fingerprint density at radius 2 is 2.17 bits per heavy atom. The number of rotatable bonds is 4. The average Bonchev–Trinajstić information content (AvgIpc) is 2.48. The van der Waals surface area contributed by atoms with Crippen LogP contribution < -0.4 is 4.81 Å². The van der Waals surface area contributed by atoms with E-state index in [0.717, 1.165) is 0 Å². The van der Waals surface area contributed by atoms with E-state index in [9.17, 15) is 10.4 Å². The van der Waals surface area contributed by atoms with Crippen LogP contribution in [0.5, 0.6) is 0 Å². The number of ether oxygens (including phenoxy) is 1. The van der Waals surface area contributed by atoms with Gasteiger partial charge in [-0.2, -0.15) is 4.81 Å². The Hall–Kier alpha value is -1.53. The van der Waals surface area contributed by atoms with Gasteiger partial charge in [-0.3, -0.25) is 4.99 Å². The number of hydrogen-bond acceptors (Lipinski definition) is 4. The van der Waals surface area contributed by atoms with Crippen LogP contribution in [-0.4, -0.2) is 25.1 Å². The first kappa shape index (κ1) is 12.9. The Balaban J connectivity index is 2.29. The number of hydroxylamine groups is 2. The highest BCUT2D eigenvalue weighted by atomic mass is 16.8. The number of allylic oxidation sites excluding steroid dienone is 1. The predicted molar refractivity (Wildman–Crippen MR) is 70.2 cm³/mol. The fraction of sp³-hybridized carbons (Fsp3) is 0.308. The topological polar surface area (TPSA) is 64.9 Å². The van der Waals surface area contributed by atoms with Crippen molar-refractivity contribution >= 4 is 11.9 Å². The van der Waals surface area contributed by atoms with Gasteiger partial charge >= 0.3 is 0 Å². The smallest absolute Gasteiger partial charge is 0.179 e. The summed E-state index contributed by atoms with van der Waals surface area (Å²) < 4.78 is 4.95. The van der Waals surface area contributed by atoms with E-state index in [1.165, 1.54) is 6.20 Å². The Morgan fingerprint density at radius 1 is 1.39 bits per heavy atom. The van der Waals surface area contributed by atoms with Gasteiger partial charge in [0.05, 0.1) is 11.8 Å². The minimum absolute atomic E-state index is 0.294. The molecule has 1 unspecified atom stereocenters. The number of quaternary nitrogens is 1. The predicted octanol–water partition coefficient (Wildman–Crippen LogP) is 2.58. The van der Waals surface area contributed by atoms with E-state index < -0.39 is 4.81 Å². The zero-order valence-electron chi connectivity index (χ0n) is 10.2. The highest BCUT2D eigenvalue weighted by Gasteiger charge is 2.28. The van der Waals surface area contributed by atoms with Crippen molar-refractivity contribution in [3.05, 3.63) is 46.9 Å². The third kappa shape index (κ3) is 2.49. The van der Waals surface area contributed by atoms with Crippen molar-refractivity contribution in [1.82, 2.24) is 4.81 Å². The van der Waals surface area contributed by atoms with Gasteiger partial charge in [0.25, 0.3) is 0 Å². The molecule has 1 atom stereocenters. The molecule has 0 aromatic heterocycles. The Morgan fingerprint density at radius 3 is 2.94 bits per heavy atom. The zero-order chi connectivity index (χ0) is 13.0. The SMILES string of the molecule is COCCCC1=CN=Cc2ccccc2[N+]1([O-])O. The summed E-state index contributed by atoms with van der Waals surface area (Å²) in [6.07, 6.45) is 4.13. The summed E-state index contributed by atoms with van der Waals surface area (Å²) in [5.74, 6) is 0. The van der Waals surface area contributed by atoms with Crippen molar-refractivity contribution in [2.24, 2.45) is 4.99 Å². The van der Waals surface area contributed by atoms with Crippen molar-refractivity contribution in [2.75, 3.05) is 13.7 Å². The number of methoxy groups -OCH3 is 1. The lowest BCUT2D eigenvalue weighted by molar-refractivity contribution is -0.000459. The molecule has 1 aliphatic rings. The van der Waals surface area contributed by atoms with Crippen LogP contribution in [0.25, 0.3) is 0 Å². The molecule has 2 rings (SSSR count). The maximum atomic E-state index is 12.4. The minimum atomic E-state index is -1.49. The van der Waals surface area contributed by atoms with Crippen molar-refractivity contribution in [2.45, 2.75) is 12.8 Å². The maximum absolute atomic E-state index is 12.4. The second-order valence-electron chi connectivity index (χ2n) is 4.13. The lowest BCUT2D eigenvalue weighted by Crippen LogP contribution is -2.38. The number of nitrogens with zero attached hydrogens (tertiary/aromatic N) is 2. The highest BCUT2D eigenvalue weighted by molar-refractivity contribution is 5.88. The first-order valence-corrected chi connectivity index (χ1v) is 5.80. The van der Waals surface area contributed by atoms with E-state index in [0.29, 0.717) is 36.4 Å². The molecule has 0 saturated heterocycles. The molecule has 5 heteroatoms. The van der Waals surface area contributed by atoms with Gasteiger partial charge < -0.3 is 9.94 Å². The van der Waals surface area contributed by atoms with E-state index >= 15 is 0 Å². The second-order valence-corrected chi connectivity index (χ2v) is 4.13. The molecule has 0 radical (unpaired) electrons. The van der Waals surface area contributed by atoms with Crippen molar-refractivity contribution in [3.63, 3.8) is 0 Å². The van der Waals surface area contributed by atoms with Gasteiger partial charge in [0.15, 0.2) is 11.4 Å². The molecule has 18 heavy (non-hydrogen) atoms. The molecule has 0 spiro atoms. The first-order valence-electron chi connectivity index (χ1n) is 5.80. The Labute approximate surface area is 106 Å². The van der Waals surface area contributed by atoms with E-state index in [1.807, 2.05) is 0 Å². The molecule has 1 aliphatic heterocycles. The quantitative estimate of drug-likeness (QED) is 0.506. The molecule has 0 bridgehead atoms. The molecular weight excluding hydrogens is 232 g/mol. The minimum Gasteiger partial charge on any atom is -0.588 e. The number of fused-ring (bicyclic) bond motifs is 1. The highest BCUT2D eigenvalue weighted by Crippen LogP contribution is 2.32. The van der Waals surface area contributed by atoms with Gasteiger partial charge in [0.2, 0.25) is 0 Å². The standard InChI is InChI=1S/C13H16N2O3/c1-18-8-4-6-12-10-14-9-11-5-2-3-7-13(11)15(12,16)17/h2-3,5,7,9-10,16H,4,6,8H2,1H3. The second kappa shape index (κ2) is 5.41. The molecule has 1 heterocycles. The molecule has 0 amide bonds. The van der Waals surface area contributed by atoms with Gasteiger partial charge in [-0.25, -0.2) is 5.21 Å². The first-order chi connectivity index (χ1) is 8.66. The molecule has 1 aromatic rings. The van der Waals surface area contributed by atoms with Gasteiger partial charge in [-0.05, 0) is 12.5 Å². The van der Waals surface area contributed by atoms with Crippen LogP contribution in [-0.2, 0) is 4.74 Å². The number of para-hydroxylation sites is 1. The average molecular weight is 248 g/mol. The summed E-state index contributed by atoms with van der Waals surface area (Å²) in [4.78, 5) is 2.58. The van der Waals surface area contributed by atoms with Crippen molar-refractivity contribution < 1.29 is 9.94 Å². The third-order valence-electron chi connectivity index (χ3n) is 2.87. The summed E-state index contributed by atoms with van der Waals surface area (Å²) >= 11 is 0. The Kier molecular flexibility index (Phi) is 3.88. The van der Waals surface area contributed by atoms with Crippen molar-refractivity contribution in [3.8, 4) is 0 Å². The fourth-order valence-corrected chi connectivity index (χ4v) is 1.92. The summed E-state index contributed by atoms with van der Waals surface area (Å²) in [6.45, 7) is 0.544. The van der Waals surface area contributed by atoms with Crippen LogP contribution in [0.2, 0.25) is 0 Å². The van der Waals surface area contributed by atoms with E-state index in [1.54, 1.807) is 37.6 Å². The van der Waals surface area contributed by atoms with Gasteiger partial charge in [0.1, 0.15) is 0 Å². The van der Waals surface area contributed by atoms with Crippen LogP contribution in [0, 0.1) is 5.21 Å². The largest absolute Gasteiger partial charge is 0.588 e. The summed E-state index contributed by atoms with van der Waals surface area (Å²) in [6, 6.07) is 6.91. The molecule has 0 saturated carbocycles. The number of benzene rings is 1. The fourth-order valence-electron chi connectivity index (χ4n) is 1.92. The molecule has 1 aromatic carbocycles.